The van der Waals surface area contributed by atoms with Crippen LogP contribution in [-0.2, 0) is 0 Å². The average molecular weight is 277 g/mol. The highest BCUT2D eigenvalue weighted by atomic mass is 15.1. The fourth-order valence-corrected chi connectivity index (χ4v) is 1.25. The smallest absolute Gasteiger partial charge is 0.127 e. The van der Waals surface area contributed by atoms with E-state index in [2.05, 4.69) is 40.0 Å². The molecule has 0 aliphatic heterocycles. The van der Waals surface area contributed by atoms with Crippen molar-refractivity contribution in [2.24, 2.45) is 9.98 Å². The zero-order valence-electron chi connectivity index (χ0n) is 13.4. The largest absolute Gasteiger partial charge is 0.363 e. The predicted molar refractivity (Wildman–Crippen MR) is 87.0 cm³/mol. The third-order valence-corrected chi connectivity index (χ3v) is 2.28. The van der Waals surface area contributed by atoms with Gasteiger partial charge in [-0.05, 0) is 46.1 Å². The Morgan fingerprint density at radius 2 is 1.90 bits per heavy atom. The highest BCUT2D eigenvalue weighted by Crippen LogP contribution is 2.02. The second-order valence-electron chi connectivity index (χ2n) is 4.70. The lowest BCUT2D eigenvalue weighted by atomic mass is 10.4. The van der Waals surface area contributed by atoms with Gasteiger partial charge in [-0.3, -0.25) is 0 Å². The Bertz CT molecular complexity index is 381. The lowest BCUT2D eigenvalue weighted by Gasteiger charge is -2.08. The van der Waals surface area contributed by atoms with Crippen molar-refractivity contribution in [3.05, 3.63) is 24.4 Å². The number of aliphatic imine (C=N–C) groups is 2. The van der Waals surface area contributed by atoms with Gasteiger partial charge in [-0.1, -0.05) is 6.07 Å². The van der Waals surface area contributed by atoms with Crippen LogP contribution in [0, 0.1) is 0 Å². The minimum atomic E-state index is 0.775. The normalized spacial score (nSPS) is 9.30. The summed E-state index contributed by atoms with van der Waals surface area (Å²) in [5.74, 6) is 0.998. The molecule has 112 valence electrons. The molecule has 0 spiro atoms. The Labute approximate surface area is 123 Å². The van der Waals surface area contributed by atoms with Gasteiger partial charge in [0.25, 0.3) is 0 Å². The number of anilines is 1. The Kier molecular flexibility index (Phi) is 11.3. The molecule has 5 nitrogen and oxygen atoms in total. The summed E-state index contributed by atoms with van der Waals surface area (Å²) in [5, 5.41) is 0. The third-order valence-electron chi connectivity index (χ3n) is 2.28. The quantitative estimate of drug-likeness (QED) is 0.592. The molecular weight excluding hydrogens is 250 g/mol. The first-order chi connectivity index (χ1) is 9.57. The molecule has 0 radical (unpaired) electrons. The van der Waals surface area contributed by atoms with E-state index in [1.165, 1.54) is 0 Å². The lowest BCUT2D eigenvalue weighted by Crippen LogP contribution is -2.13. The summed E-state index contributed by atoms with van der Waals surface area (Å²) in [7, 11) is 8.07. The monoisotopic (exact) mass is 277 g/mol. The number of rotatable bonds is 6. The molecule has 5 heteroatoms. The van der Waals surface area contributed by atoms with E-state index in [0.717, 1.165) is 31.9 Å². The van der Waals surface area contributed by atoms with Crippen LogP contribution in [0.3, 0.4) is 0 Å². The fraction of sp³-hybridized carbons (Fsp3) is 0.600. The van der Waals surface area contributed by atoms with Crippen LogP contribution in [0.1, 0.15) is 13.3 Å². The van der Waals surface area contributed by atoms with Gasteiger partial charge < -0.3 is 9.80 Å². The molecule has 0 N–H and O–H groups in total. The van der Waals surface area contributed by atoms with E-state index in [-0.39, 0.29) is 0 Å². The van der Waals surface area contributed by atoms with Gasteiger partial charge in [0, 0.05) is 26.8 Å². The van der Waals surface area contributed by atoms with Gasteiger partial charge in [0.15, 0.2) is 0 Å². The highest BCUT2D eigenvalue weighted by molar-refractivity contribution is 5.40. The zero-order chi connectivity index (χ0) is 15.2. The van der Waals surface area contributed by atoms with E-state index < -0.39 is 0 Å². The zero-order valence-corrected chi connectivity index (χ0v) is 13.4. The second-order valence-corrected chi connectivity index (χ2v) is 4.70. The number of hydrogen-bond donors (Lipinski definition) is 0. The minimum Gasteiger partial charge on any atom is -0.363 e. The third kappa shape index (κ3) is 11.4. The molecule has 20 heavy (non-hydrogen) atoms. The fourth-order valence-electron chi connectivity index (χ4n) is 1.25. The van der Waals surface area contributed by atoms with E-state index in [9.17, 15) is 0 Å². The molecule has 1 aromatic heterocycles. The van der Waals surface area contributed by atoms with E-state index in [0.29, 0.717) is 0 Å². The van der Waals surface area contributed by atoms with E-state index in [4.69, 9.17) is 0 Å². The number of nitrogens with zero attached hydrogens (tertiary/aromatic N) is 5. The summed E-state index contributed by atoms with van der Waals surface area (Å²) >= 11 is 0. The summed E-state index contributed by atoms with van der Waals surface area (Å²) in [6.07, 6.45) is 2.87. The van der Waals surface area contributed by atoms with Crippen molar-refractivity contribution < 1.29 is 0 Å². The topological polar surface area (TPSA) is 44.1 Å². The van der Waals surface area contributed by atoms with Crippen molar-refractivity contribution in [2.75, 3.05) is 52.7 Å². The van der Waals surface area contributed by atoms with Crippen molar-refractivity contribution in [3.8, 4) is 0 Å². The molecule has 0 aliphatic rings. The van der Waals surface area contributed by atoms with Crippen LogP contribution in [-0.4, -0.2) is 63.7 Å². The Morgan fingerprint density at radius 1 is 1.15 bits per heavy atom. The Balaban J connectivity index is 0.000000367. The Hall–Kier alpha value is -1.71. The average Bonchev–Trinajstić information content (AvgIpc) is 2.44. The highest BCUT2D eigenvalue weighted by Gasteiger charge is 1.89. The molecule has 0 fully saturated rings. The first kappa shape index (κ1) is 18.3. The van der Waals surface area contributed by atoms with Crippen molar-refractivity contribution in [1.82, 2.24) is 9.88 Å². The van der Waals surface area contributed by atoms with Gasteiger partial charge >= 0.3 is 0 Å². The number of aromatic nitrogens is 1. The van der Waals surface area contributed by atoms with Gasteiger partial charge in [-0.25, -0.2) is 15.0 Å². The van der Waals surface area contributed by atoms with Crippen molar-refractivity contribution in [2.45, 2.75) is 13.3 Å². The molecule has 0 aliphatic carbocycles. The van der Waals surface area contributed by atoms with Crippen molar-refractivity contribution >= 4 is 11.8 Å². The SMILES string of the molecule is CCN=C=NCCCN(C)C.CN(C)c1ccccn1. The van der Waals surface area contributed by atoms with Gasteiger partial charge in [-0.15, -0.1) is 0 Å². The van der Waals surface area contributed by atoms with Crippen LogP contribution >= 0.6 is 0 Å². The molecule has 0 unspecified atom stereocenters. The number of hydrogen-bond acceptors (Lipinski definition) is 5. The van der Waals surface area contributed by atoms with Gasteiger partial charge in [-0.2, -0.15) is 0 Å². The maximum atomic E-state index is 4.10. The van der Waals surface area contributed by atoms with Gasteiger partial charge in [0.1, 0.15) is 5.82 Å². The standard InChI is InChI=1S/C8H17N3.C7H10N2/c1-4-9-8-10-6-5-7-11(2)3;1-9(2)7-5-3-4-6-8-7/h4-7H2,1-3H3;3-6H,1-2H3. The molecule has 1 rings (SSSR count). The summed E-state index contributed by atoms with van der Waals surface area (Å²) in [6.45, 7) is 4.67. The second kappa shape index (κ2) is 12.3. The van der Waals surface area contributed by atoms with E-state index in [1.807, 2.05) is 44.1 Å². The van der Waals surface area contributed by atoms with E-state index in [1.54, 1.807) is 6.20 Å². The molecule has 0 bridgehead atoms. The molecule has 0 amide bonds. The Morgan fingerprint density at radius 3 is 2.35 bits per heavy atom. The molecule has 0 saturated carbocycles. The molecule has 1 aromatic rings. The van der Waals surface area contributed by atoms with Crippen LogP contribution in [0.2, 0.25) is 0 Å². The van der Waals surface area contributed by atoms with Crippen LogP contribution < -0.4 is 4.90 Å². The summed E-state index contributed by atoms with van der Waals surface area (Å²) in [5.41, 5.74) is 0. The summed E-state index contributed by atoms with van der Waals surface area (Å²) in [6, 6.07) is 8.50. The first-order valence-electron chi connectivity index (χ1n) is 6.89. The van der Waals surface area contributed by atoms with Crippen LogP contribution in [0.15, 0.2) is 34.4 Å². The maximum Gasteiger partial charge on any atom is 0.127 e. The summed E-state index contributed by atoms with van der Waals surface area (Å²) < 4.78 is 0. The molecule has 0 saturated heterocycles. The van der Waals surface area contributed by atoms with E-state index >= 15 is 0 Å². The lowest BCUT2D eigenvalue weighted by molar-refractivity contribution is 0.403. The first-order valence-corrected chi connectivity index (χ1v) is 6.89. The maximum absolute atomic E-state index is 4.10. The van der Waals surface area contributed by atoms with Crippen LogP contribution in [0.4, 0.5) is 5.82 Å². The van der Waals surface area contributed by atoms with Crippen molar-refractivity contribution in [1.29, 1.82) is 0 Å². The van der Waals surface area contributed by atoms with Gasteiger partial charge in [0.05, 0.1) is 12.6 Å². The van der Waals surface area contributed by atoms with Crippen LogP contribution in [0.5, 0.6) is 0 Å². The predicted octanol–water partition coefficient (Wildman–Crippen LogP) is 2.28. The minimum absolute atomic E-state index is 0.775. The number of pyridine rings is 1. The molecule has 0 atom stereocenters. The molecule has 1 heterocycles. The molecule has 0 aromatic carbocycles. The van der Waals surface area contributed by atoms with Gasteiger partial charge in [0.2, 0.25) is 0 Å². The van der Waals surface area contributed by atoms with Crippen molar-refractivity contribution in [3.63, 3.8) is 0 Å². The van der Waals surface area contributed by atoms with Crippen LogP contribution in [0.25, 0.3) is 0 Å². The summed E-state index contributed by atoms with van der Waals surface area (Å²) in [4.78, 5) is 16.1. The molecular formula is C15H27N5.